The number of aryl methyl sites for hydroxylation is 1. The summed E-state index contributed by atoms with van der Waals surface area (Å²) in [5, 5.41) is 2.78. The van der Waals surface area contributed by atoms with Gasteiger partial charge in [-0.25, -0.2) is 13.8 Å². The lowest BCUT2D eigenvalue weighted by molar-refractivity contribution is -0.121. The number of fused-ring (bicyclic) bond motifs is 1. The van der Waals surface area contributed by atoms with E-state index in [1.807, 2.05) is 28.9 Å². The SMILES string of the molecule is O=C(CCc1ccc(F)c(F)c1)NCc1cn2cc(Br)ccc2n1. The van der Waals surface area contributed by atoms with Crippen LogP contribution in [0.2, 0.25) is 0 Å². The number of pyridine rings is 1. The molecular formula is C17H14BrF2N3O. The van der Waals surface area contributed by atoms with Crippen LogP contribution in [0.1, 0.15) is 17.7 Å². The molecule has 3 rings (SSSR count). The number of hydrogen-bond donors (Lipinski definition) is 1. The Morgan fingerprint density at radius 1 is 1.17 bits per heavy atom. The van der Waals surface area contributed by atoms with Crippen LogP contribution in [0.5, 0.6) is 0 Å². The number of carbonyl (C=O) groups excluding carboxylic acids is 1. The van der Waals surface area contributed by atoms with E-state index < -0.39 is 11.6 Å². The predicted molar refractivity (Wildman–Crippen MR) is 89.4 cm³/mol. The molecule has 2 aromatic heterocycles. The first-order chi connectivity index (χ1) is 11.5. The maximum Gasteiger partial charge on any atom is 0.220 e. The highest BCUT2D eigenvalue weighted by atomic mass is 79.9. The van der Waals surface area contributed by atoms with Gasteiger partial charge in [0.15, 0.2) is 11.6 Å². The summed E-state index contributed by atoms with van der Waals surface area (Å²) in [6.45, 7) is 0.315. The van der Waals surface area contributed by atoms with Crippen LogP contribution in [0.4, 0.5) is 8.78 Å². The first-order valence-electron chi connectivity index (χ1n) is 7.35. The zero-order valence-corrected chi connectivity index (χ0v) is 14.2. The van der Waals surface area contributed by atoms with Crippen molar-refractivity contribution in [2.75, 3.05) is 0 Å². The standard InChI is InChI=1S/C17H14BrF2N3O/c18-12-3-5-16-22-13(10-23(16)9-12)8-21-17(24)6-2-11-1-4-14(19)15(20)7-11/h1,3-5,7,9-10H,2,6,8H2,(H,21,24). The van der Waals surface area contributed by atoms with Crippen molar-refractivity contribution in [2.45, 2.75) is 19.4 Å². The number of nitrogens with one attached hydrogen (secondary N) is 1. The topological polar surface area (TPSA) is 46.4 Å². The number of aromatic nitrogens is 2. The molecule has 0 spiro atoms. The van der Waals surface area contributed by atoms with E-state index >= 15 is 0 Å². The third-order valence-corrected chi connectivity index (χ3v) is 4.03. The maximum absolute atomic E-state index is 13.1. The van der Waals surface area contributed by atoms with Crippen molar-refractivity contribution in [3.05, 3.63) is 70.1 Å². The quantitative estimate of drug-likeness (QED) is 0.719. The van der Waals surface area contributed by atoms with Gasteiger partial charge in [0, 0.05) is 23.3 Å². The molecular weight excluding hydrogens is 380 g/mol. The number of hydrogen-bond acceptors (Lipinski definition) is 2. The Balaban J connectivity index is 1.53. The first-order valence-corrected chi connectivity index (χ1v) is 8.14. The van der Waals surface area contributed by atoms with Crippen LogP contribution in [0.15, 0.2) is 47.2 Å². The summed E-state index contributed by atoms with van der Waals surface area (Å²) < 4.78 is 28.8. The molecule has 0 saturated heterocycles. The number of amides is 1. The maximum atomic E-state index is 13.1. The van der Waals surface area contributed by atoms with Gasteiger partial charge in [-0.3, -0.25) is 4.79 Å². The summed E-state index contributed by atoms with van der Waals surface area (Å²) >= 11 is 3.39. The minimum atomic E-state index is -0.899. The van der Waals surface area contributed by atoms with Gasteiger partial charge >= 0.3 is 0 Å². The van der Waals surface area contributed by atoms with Gasteiger partial charge in [-0.1, -0.05) is 6.07 Å². The fraction of sp³-hybridized carbons (Fsp3) is 0.176. The number of imidazole rings is 1. The molecule has 0 saturated carbocycles. The van der Waals surface area contributed by atoms with E-state index in [-0.39, 0.29) is 12.3 Å². The smallest absolute Gasteiger partial charge is 0.220 e. The zero-order chi connectivity index (χ0) is 17.1. The first kappa shape index (κ1) is 16.6. The Bertz CT molecular complexity index is 895. The van der Waals surface area contributed by atoms with E-state index in [1.54, 1.807) is 0 Å². The predicted octanol–water partition coefficient (Wildman–Crippen LogP) is 3.62. The Morgan fingerprint density at radius 3 is 2.79 bits per heavy atom. The van der Waals surface area contributed by atoms with E-state index in [4.69, 9.17) is 0 Å². The molecule has 1 aromatic carbocycles. The van der Waals surface area contributed by atoms with Gasteiger partial charge in [-0.2, -0.15) is 0 Å². The number of halogens is 3. The zero-order valence-electron chi connectivity index (χ0n) is 12.6. The molecule has 2 heterocycles. The lowest BCUT2D eigenvalue weighted by Crippen LogP contribution is -2.23. The highest BCUT2D eigenvalue weighted by Gasteiger charge is 2.07. The fourth-order valence-corrected chi connectivity index (χ4v) is 2.69. The minimum absolute atomic E-state index is 0.169. The van der Waals surface area contributed by atoms with Gasteiger partial charge in [0.2, 0.25) is 5.91 Å². The lowest BCUT2D eigenvalue weighted by Gasteiger charge is -2.04. The van der Waals surface area contributed by atoms with Crippen molar-refractivity contribution in [1.82, 2.24) is 14.7 Å². The van der Waals surface area contributed by atoms with Crippen molar-refractivity contribution >= 4 is 27.5 Å². The van der Waals surface area contributed by atoms with Crippen LogP contribution in [0.3, 0.4) is 0 Å². The molecule has 1 amide bonds. The highest BCUT2D eigenvalue weighted by molar-refractivity contribution is 9.10. The van der Waals surface area contributed by atoms with Gasteiger partial charge in [-0.15, -0.1) is 0 Å². The molecule has 0 atom stereocenters. The van der Waals surface area contributed by atoms with Gasteiger partial charge in [0.25, 0.3) is 0 Å². The van der Waals surface area contributed by atoms with Gasteiger partial charge < -0.3 is 9.72 Å². The molecule has 4 nitrogen and oxygen atoms in total. The van der Waals surface area contributed by atoms with Gasteiger partial charge in [0.05, 0.1) is 12.2 Å². The monoisotopic (exact) mass is 393 g/mol. The van der Waals surface area contributed by atoms with Crippen LogP contribution < -0.4 is 5.32 Å². The highest BCUT2D eigenvalue weighted by Crippen LogP contribution is 2.13. The van der Waals surface area contributed by atoms with E-state index in [0.29, 0.717) is 18.5 Å². The Hall–Kier alpha value is -2.28. The summed E-state index contributed by atoms with van der Waals surface area (Å²) in [4.78, 5) is 16.3. The summed E-state index contributed by atoms with van der Waals surface area (Å²) in [6.07, 6.45) is 4.28. The second kappa shape index (κ2) is 7.09. The molecule has 24 heavy (non-hydrogen) atoms. The molecule has 0 unspecified atom stereocenters. The molecule has 3 aromatic rings. The summed E-state index contributed by atoms with van der Waals surface area (Å²) in [5.74, 6) is -1.96. The molecule has 0 aliphatic carbocycles. The largest absolute Gasteiger partial charge is 0.350 e. The van der Waals surface area contributed by atoms with Crippen LogP contribution in [0.25, 0.3) is 5.65 Å². The van der Waals surface area contributed by atoms with Crippen LogP contribution in [-0.4, -0.2) is 15.3 Å². The molecule has 0 radical (unpaired) electrons. The Morgan fingerprint density at radius 2 is 2.00 bits per heavy atom. The molecule has 7 heteroatoms. The summed E-state index contributed by atoms with van der Waals surface area (Å²) in [7, 11) is 0. The van der Waals surface area contributed by atoms with E-state index in [1.165, 1.54) is 6.07 Å². The van der Waals surface area contributed by atoms with Crippen LogP contribution >= 0.6 is 15.9 Å². The van der Waals surface area contributed by atoms with Crippen molar-refractivity contribution in [3.63, 3.8) is 0 Å². The Labute approximate surface area is 145 Å². The lowest BCUT2D eigenvalue weighted by atomic mass is 10.1. The minimum Gasteiger partial charge on any atom is -0.350 e. The number of carbonyl (C=O) groups is 1. The van der Waals surface area contributed by atoms with Crippen LogP contribution in [0, 0.1) is 11.6 Å². The van der Waals surface area contributed by atoms with E-state index in [9.17, 15) is 13.6 Å². The average molecular weight is 394 g/mol. The fourth-order valence-electron chi connectivity index (χ4n) is 2.33. The van der Waals surface area contributed by atoms with Crippen molar-refractivity contribution in [3.8, 4) is 0 Å². The van der Waals surface area contributed by atoms with Gasteiger partial charge in [0.1, 0.15) is 5.65 Å². The third-order valence-electron chi connectivity index (χ3n) is 3.56. The molecule has 124 valence electrons. The molecule has 0 aliphatic heterocycles. The third kappa shape index (κ3) is 3.97. The average Bonchev–Trinajstić information content (AvgIpc) is 2.96. The van der Waals surface area contributed by atoms with Crippen molar-refractivity contribution in [1.29, 1.82) is 0 Å². The summed E-state index contributed by atoms with van der Waals surface area (Å²) in [5.41, 5.74) is 2.13. The number of rotatable bonds is 5. The molecule has 0 fully saturated rings. The molecule has 1 N–H and O–H groups in total. The summed E-state index contributed by atoms with van der Waals surface area (Å²) in [6, 6.07) is 7.43. The van der Waals surface area contributed by atoms with E-state index in [0.717, 1.165) is 27.9 Å². The number of benzene rings is 1. The van der Waals surface area contributed by atoms with Crippen molar-refractivity contribution < 1.29 is 13.6 Å². The normalized spacial score (nSPS) is 11.0. The van der Waals surface area contributed by atoms with Crippen molar-refractivity contribution in [2.24, 2.45) is 0 Å². The Kier molecular flexibility index (Phi) is 4.89. The van der Waals surface area contributed by atoms with Crippen LogP contribution in [-0.2, 0) is 17.8 Å². The second-order valence-electron chi connectivity index (χ2n) is 5.37. The second-order valence-corrected chi connectivity index (χ2v) is 6.29. The van der Waals surface area contributed by atoms with Gasteiger partial charge in [-0.05, 0) is 52.2 Å². The molecule has 0 bridgehead atoms. The molecule has 0 aliphatic rings. The number of nitrogens with zero attached hydrogens (tertiary/aromatic N) is 2. The van der Waals surface area contributed by atoms with E-state index in [2.05, 4.69) is 26.2 Å².